The first-order chi connectivity index (χ1) is 11.2. The van der Waals surface area contributed by atoms with E-state index in [-0.39, 0.29) is 17.7 Å². The fourth-order valence-electron chi connectivity index (χ4n) is 2.17. The van der Waals surface area contributed by atoms with Crippen molar-refractivity contribution in [1.29, 1.82) is 0 Å². The summed E-state index contributed by atoms with van der Waals surface area (Å²) in [5.41, 5.74) is 3.53. The van der Waals surface area contributed by atoms with Gasteiger partial charge in [-0.15, -0.1) is 0 Å². The zero-order chi connectivity index (χ0) is 17.9. The summed E-state index contributed by atoms with van der Waals surface area (Å²) in [4.78, 5) is 11.4. The highest BCUT2D eigenvalue weighted by atomic mass is 32.2. The van der Waals surface area contributed by atoms with Gasteiger partial charge in [0, 0.05) is 11.1 Å². The third-order valence-electron chi connectivity index (χ3n) is 3.48. The van der Waals surface area contributed by atoms with Gasteiger partial charge in [0.05, 0.1) is 18.5 Å². The lowest BCUT2D eigenvalue weighted by molar-refractivity contribution is 0.0953. The molecule has 0 unspecified atom stereocenters. The van der Waals surface area contributed by atoms with Gasteiger partial charge in [0.2, 0.25) is 10.0 Å². The van der Waals surface area contributed by atoms with Gasteiger partial charge in [-0.05, 0) is 31.2 Å². The number of hydrogen-bond acceptors (Lipinski definition) is 4. The van der Waals surface area contributed by atoms with Crippen LogP contribution in [0.25, 0.3) is 0 Å². The van der Waals surface area contributed by atoms with Crippen molar-refractivity contribution in [2.45, 2.75) is 13.5 Å². The van der Waals surface area contributed by atoms with Crippen molar-refractivity contribution in [2.75, 3.05) is 10.6 Å². The van der Waals surface area contributed by atoms with Crippen molar-refractivity contribution in [1.82, 2.24) is 5.43 Å². The molecule has 2 aromatic rings. The molecule has 8 heteroatoms. The van der Waals surface area contributed by atoms with Crippen LogP contribution < -0.4 is 15.6 Å². The summed E-state index contributed by atoms with van der Waals surface area (Å²) in [5, 5.41) is 0. The Labute approximate surface area is 140 Å². The third kappa shape index (κ3) is 4.09. The van der Waals surface area contributed by atoms with Crippen LogP contribution in [0, 0.1) is 12.7 Å². The van der Waals surface area contributed by atoms with Crippen molar-refractivity contribution >= 4 is 21.6 Å². The second kappa shape index (κ2) is 6.98. The van der Waals surface area contributed by atoms with Gasteiger partial charge in [-0.3, -0.25) is 14.5 Å². The van der Waals surface area contributed by atoms with Gasteiger partial charge >= 0.3 is 0 Å². The molecule has 128 valence electrons. The van der Waals surface area contributed by atoms with Crippen LogP contribution in [-0.4, -0.2) is 20.6 Å². The Hall–Kier alpha value is -2.45. The fraction of sp³-hybridized carbons (Fsp3) is 0.188. The number of carbonyl (C=O) groups is 1. The molecule has 24 heavy (non-hydrogen) atoms. The van der Waals surface area contributed by atoms with Gasteiger partial charge in [0.25, 0.3) is 5.91 Å². The van der Waals surface area contributed by atoms with Gasteiger partial charge in [-0.2, -0.15) is 0 Å². The smallest absolute Gasteiger partial charge is 0.265 e. The van der Waals surface area contributed by atoms with Crippen molar-refractivity contribution in [3.05, 3.63) is 65.0 Å². The van der Waals surface area contributed by atoms with E-state index in [4.69, 9.17) is 5.84 Å². The SMILES string of the molecule is Cc1ccc(N(Cc2ccc(C(=O)NN)cc2F)S(C)(=O)=O)cc1. The molecular formula is C16H18FN3O3S. The molecule has 0 aliphatic carbocycles. The summed E-state index contributed by atoms with van der Waals surface area (Å²) >= 11 is 0. The predicted molar refractivity (Wildman–Crippen MR) is 90.3 cm³/mol. The van der Waals surface area contributed by atoms with Crippen molar-refractivity contribution in [3.8, 4) is 0 Å². The fourth-order valence-corrected chi connectivity index (χ4v) is 3.04. The average Bonchev–Trinajstić information content (AvgIpc) is 2.53. The number of rotatable bonds is 5. The zero-order valence-corrected chi connectivity index (χ0v) is 14.1. The lowest BCUT2D eigenvalue weighted by atomic mass is 10.1. The molecule has 0 radical (unpaired) electrons. The lowest BCUT2D eigenvalue weighted by Crippen LogP contribution is -2.31. The summed E-state index contributed by atoms with van der Waals surface area (Å²) in [6, 6.07) is 10.6. The first-order valence-electron chi connectivity index (χ1n) is 7.06. The molecule has 0 bridgehead atoms. The van der Waals surface area contributed by atoms with Gasteiger partial charge < -0.3 is 0 Å². The summed E-state index contributed by atoms with van der Waals surface area (Å²) in [6.07, 6.45) is 1.06. The van der Waals surface area contributed by atoms with Crippen LogP contribution >= 0.6 is 0 Å². The molecule has 0 saturated heterocycles. The highest BCUT2D eigenvalue weighted by Gasteiger charge is 2.20. The second-order valence-corrected chi connectivity index (χ2v) is 7.29. The van der Waals surface area contributed by atoms with Crippen molar-refractivity contribution in [3.63, 3.8) is 0 Å². The Kier molecular flexibility index (Phi) is 5.20. The standard InChI is InChI=1S/C16H18FN3O3S/c1-11-3-7-14(8-4-11)20(24(2,22)23)10-13-6-5-12(9-15(13)17)16(21)19-18/h3-9H,10,18H2,1-2H3,(H,19,21). The number of hydrazine groups is 1. The molecule has 0 aliphatic heterocycles. The lowest BCUT2D eigenvalue weighted by Gasteiger charge is -2.23. The maximum absolute atomic E-state index is 14.2. The van der Waals surface area contributed by atoms with E-state index in [0.717, 1.165) is 22.2 Å². The average molecular weight is 351 g/mol. The zero-order valence-electron chi connectivity index (χ0n) is 13.3. The molecule has 0 fully saturated rings. The van der Waals surface area contributed by atoms with Gasteiger partial charge in [-0.1, -0.05) is 23.8 Å². The summed E-state index contributed by atoms with van der Waals surface area (Å²) in [7, 11) is -3.61. The van der Waals surface area contributed by atoms with Crippen LogP contribution in [0.4, 0.5) is 10.1 Å². The molecule has 2 aromatic carbocycles. The van der Waals surface area contributed by atoms with Crippen LogP contribution in [0.1, 0.15) is 21.5 Å². The summed E-state index contributed by atoms with van der Waals surface area (Å²) in [5.74, 6) is 3.70. The minimum absolute atomic E-state index is 0.0555. The van der Waals surface area contributed by atoms with E-state index in [1.165, 1.54) is 12.1 Å². The molecule has 3 N–H and O–H groups in total. The van der Waals surface area contributed by atoms with E-state index in [9.17, 15) is 17.6 Å². The number of halogens is 1. The van der Waals surface area contributed by atoms with Gasteiger partial charge in [0.1, 0.15) is 5.82 Å². The number of benzene rings is 2. The molecule has 0 spiro atoms. The van der Waals surface area contributed by atoms with E-state index in [2.05, 4.69) is 0 Å². The number of amides is 1. The Morgan fingerprint density at radius 3 is 2.33 bits per heavy atom. The normalized spacial score (nSPS) is 11.2. The number of aryl methyl sites for hydroxylation is 1. The number of hydrogen-bond donors (Lipinski definition) is 2. The van der Waals surface area contributed by atoms with Crippen LogP contribution in [0.5, 0.6) is 0 Å². The van der Waals surface area contributed by atoms with E-state index in [0.29, 0.717) is 5.69 Å². The van der Waals surface area contributed by atoms with Crippen LogP contribution in [0.15, 0.2) is 42.5 Å². The number of nitrogens with two attached hydrogens (primary N) is 1. The number of sulfonamides is 1. The van der Waals surface area contributed by atoms with E-state index in [1.54, 1.807) is 24.3 Å². The van der Waals surface area contributed by atoms with Crippen LogP contribution in [-0.2, 0) is 16.6 Å². The number of nitrogens with one attached hydrogen (secondary N) is 1. The van der Waals surface area contributed by atoms with E-state index >= 15 is 0 Å². The maximum atomic E-state index is 14.2. The van der Waals surface area contributed by atoms with Crippen molar-refractivity contribution in [2.24, 2.45) is 5.84 Å². The molecular weight excluding hydrogens is 333 g/mol. The highest BCUT2D eigenvalue weighted by molar-refractivity contribution is 7.92. The van der Waals surface area contributed by atoms with E-state index in [1.807, 2.05) is 12.3 Å². The van der Waals surface area contributed by atoms with Gasteiger partial charge in [-0.25, -0.2) is 18.7 Å². The maximum Gasteiger partial charge on any atom is 0.265 e. The van der Waals surface area contributed by atoms with Crippen LogP contribution in [0.2, 0.25) is 0 Å². The van der Waals surface area contributed by atoms with E-state index < -0.39 is 21.7 Å². The Balaban J connectivity index is 2.37. The largest absolute Gasteiger partial charge is 0.290 e. The van der Waals surface area contributed by atoms with Gasteiger partial charge in [0.15, 0.2) is 0 Å². The van der Waals surface area contributed by atoms with Crippen LogP contribution in [0.3, 0.4) is 0 Å². The molecule has 1 amide bonds. The summed E-state index contributed by atoms with van der Waals surface area (Å²) in [6.45, 7) is 1.70. The van der Waals surface area contributed by atoms with Crippen molar-refractivity contribution < 1.29 is 17.6 Å². The quantitative estimate of drug-likeness (QED) is 0.487. The molecule has 0 aliphatic rings. The molecule has 0 atom stereocenters. The molecule has 2 rings (SSSR count). The Bertz CT molecular complexity index is 851. The first kappa shape index (κ1) is 17.9. The third-order valence-corrected chi connectivity index (χ3v) is 4.62. The molecule has 0 saturated carbocycles. The number of carbonyl (C=O) groups excluding carboxylic acids is 1. The minimum atomic E-state index is -3.61. The topological polar surface area (TPSA) is 92.5 Å². The number of anilines is 1. The minimum Gasteiger partial charge on any atom is -0.290 e. The predicted octanol–water partition coefficient (Wildman–Crippen LogP) is 1.70. The molecule has 0 aromatic heterocycles. The Morgan fingerprint density at radius 1 is 1.21 bits per heavy atom. The highest BCUT2D eigenvalue weighted by Crippen LogP contribution is 2.22. The number of nitrogens with zero attached hydrogens (tertiary/aromatic N) is 1. The number of nitrogen functional groups attached to an aromatic ring is 1. The Morgan fingerprint density at radius 2 is 1.83 bits per heavy atom. The second-order valence-electron chi connectivity index (χ2n) is 5.38. The first-order valence-corrected chi connectivity index (χ1v) is 8.91. The monoisotopic (exact) mass is 351 g/mol. The molecule has 0 heterocycles. The molecule has 6 nitrogen and oxygen atoms in total. The summed E-state index contributed by atoms with van der Waals surface area (Å²) < 4.78 is 39.5.